The minimum Gasteiger partial charge on any atom is -0.336 e. The smallest absolute Gasteiger partial charge is 0.317 e. The number of fused-ring (bicyclic) bond motifs is 1. The van der Waals surface area contributed by atoms with Gasteiger partial charge in [-0.3, -0.25) is 4.90 Å². The number of hydrogen-bond acceptors (Lipinski definition) is 3. The van der Waals surface area contributed by atoms with E-state index in [-0.39, 0.29) is 6.03 Å². The zero-order valence-electron chi connectivity index (χ0n) is 12.9. The first-order valence-corrected chi connectivity index (χ1v) is 9.34. The number of carbonyl (C=O) groups is 1. The second-order valence-corrected chi connectivity index (χ2v) is 7.78. The quantitative estimate of drug-likeness (QED) is 0.919. The molecule has 0 spiro atoms. The molecule has 2 aliphatic rings. The molecule has 0 radical (unpaired) electrons. The molecule has 23 heavy (non-hydrogen) atoms. The number of halogens is 1. The fraction of sp³-hybridized carbons (Fsp3) is 0.471. The monoisotopic (exact) mass is 349 g/mol. The van der Waals surface area contributed by atoms with Crippen LogP contribution in [0.5, 0.6) is 0 Å². The Morgan fingerprint density at radius 2 is 2.00 bits per heavy atom. The molecule has 4 nitrogen and oxygen atoms in total. The molecule has 0 aliphatic carbocycles. The van der Waals surface area contributed by atoms with E-state index in [1.54, 1.807) is 11.3 Å². The molecule has 2 saturated heterocycles. The van der Waals surface area contributed by atoms with Crippen LogP contribution in [0.3, 0.4) is 0 Å². The van der Waals surface area contributed by atoms with Crippen LogP contribution in [-0.4, -0.2) is 48.1 Å². The summed E-state index contributed by atoms with van der Waals surface area (Å²) in [7, 11) is 0. The molecule has 2 aliphatic heterocycles. The normalized spacial score (nSPS) is 20.4. The average Bonchev–Trinajstić information content (AvgIpc) is 3.13. The average molecular weight is 350 g/mol. The Hall–Kier alpha value is -1.30. The summed E-state index contributed by atoms with van der Waals surface area (Å²) in [5.74, 6) is 0. The maximum absolute atomic E-state index is 11.8. The van der Waals surface area contributed by atoms with Gasteiger partial charge in [0, 0.05) is 53.7 Å². The summed E-state index contributed by atoms with van der Waals surface area (Å²) in [5.41, 5.74) is 0. The van der Waals surface area contributed by atoms with Crippen molar-refractivity contribution >= 4 is 39.1 Å². The van der Waals surface area contributed by atoms with Gasteiger partial charge in [-0.2, -0.15) is 0 Å². The second kappa shape index (κ2) is 6.30. The molecule has 2 amide bonds. The van der Waals surface area contributed by atoms with Gasteiger partial charge >= 0.3 is 6.03 Å². The lowest BCUT2D eigenvalue weighted by Gasteiger charge is -2.36. The van der Waals surface area contributed by atoms with Crippen molar-refractivity contribution in [2.45, 2.75) is 25.4 Å². The Morgan fingerprint density at radius 1 is 1.22 bits per heavy atom. The highest BCUT2D eigenvalue weighted by Crippen LogP contribution is 2.36. The molecular formula is C17H20ClN3OS. The summed E-state index contributed by atoms with van der Waals surface area (Å²) in [6.07, 6.45) is 2.10. The van der Waals surface area contributed by atoms with Gasteiger partial charge in [0.15, 0.2) is 0 Å². The van der Waals surface area contributed by atoms with Crippen LogP contribution in [0.25, 0.3) is 10.1 Å². The summed E-state index contributed by atoms with van der Waals surface area (Å²) in [6.45, 7) is 4.61. The van der Waals surface area contributed by atoms with E-state index in [1.807, 2.05) is 11.0 Å². The highest BCUT2D eigenvalue weighted by molar-refractivity contribution is 7.19. The van der Waals surface area contributed by atoms with Crippen molar-refractivity contribution in [3.05, 3.63) is 34.2 Å². The number of urea groups is 1. The Kier molecular flexibility index (Phi) is 4.18. The molecule has 1 aromatic heterocycles. The number of rotatable bonds is 3. The largest absolute Gasteiger partial charge is 0.336 e. The van der Waals surface area contributed by atoms with Crippen molar-refractivity contribution in [2.24, 2.45) is 0 Å². The van der Waals surface area contributed by atoms with Gasteiger partial charge in [0.25, 0.3) is 0 Å². The van der Waals surface area contributed by atoms with Crippen molar-refractivity contribution in [1.29, 1.82) is 0 Å². The van der Waals surface area contributed by atoms with Crippen LogP contribution in [0.1, 0.15) is 17.7 Å². The number of thiophene rings is 1. The van der Waals surface area contributed by atoms with Gasteiger partial charge in [-0.15, -0.1) is 11.3 Å². The minimum absolute atomic E-state index is 0.107. The number of piperidine rings is 1. The third kappa shape index (κ3) is 2.93. The van der Waals surface area contributed by atoms with E-state index in [0.717, 1.165) is 56.0 Å². The highest BCUT2D eigenvalue weighted by Gasteiger charge is 2.30. The molecular weight excluding hydrogens is 330 g/mol. The van der Waals surface area contributed by atoms with Crippen molar-refractivity contribution in [2.75, 3.05) is 26.2 Å². The van der Waals surface area contributed by atoms with Crippen LogP contribution >= 0.6 is 22.9 Å². The second-order valence-electron chi connectivity index (χ2n) is 6.27. The summed E-state index contributed by atoms with van der Waals surface area (Å²) < 4.78 is 1.26. The Labute approximate surface area is 145 Å². The topological polar surface area (TPSA) is 35.6 Å². The lowest BCUT2D eigenvalue weighted by molar-refractivity contribution is 0.133. The molecule has 2 aromatic rings. The molecule has 1 N–H and O–H groups in total. The third-order valence-corrected chi connectivity index (χ3v) is 6.56. The molecule has 0 bridgehead atoms. The van der Waals surface area contributed by atoms with E-state index in [0.29, 0.717) is 6.04 Å². The lowest BCUT2D eigenvalue weighted by Crippen LogP contribution is -2.45. The molecule has 0 saturated carbocycles. The molecule has 122 valence electrons. The Bertz CT molecular complexity index is 724. The van der Waals surface area contributed by atoms with E-state index in [9.17, 15) is 4.79 Å². The standard InChI is InChI=1S/C17H20ClN3OS/c18-16-13-3-1-2-4-14(13)23-15(16)11-20-8-5-12(6-9-20)21-10-7-19-17(21)22/h1-4,12H,5-11H2,(H,19,22). The number of nitrogens with one attached hydrogen (secondary N) is 1. The maximum Gasteiger partial charge on any atom is 0.317 e. The van der Waals surface area contributed by atoms with E-state index in [1.165, 1.54) is 9.58 Å². The molecule has 0 atom stereocenters. The van der Waals surface area contributed by atoms with Crippen molar-refractivity contribution in [1.82, 2.24) is 15.1 Å². The predicted octanol–water partition coefficient (Wildman–Crippen LogP) is 3.54. The third-order valence-electron chi connectivity index (χ3n) is 4.86. The summed E-state index contributed by atoms with van der Waals surface area (Å²) in [5, 5.41) is 4.97. The summed E-state index contributed by atoms with van der Waals surface area (Å²) in [6, 6.07) is 8.83. The van der Waals surface area contributed by atoms with Crippen LogP contribution in [-0.2, 0) is 6.54 Å². The van der Waals surface area contributed by atoms with Gasteiger partial charge in [-0.25, -0.2) is 4.79 Å². The van der Waals surface area contributed by atoms with Gasteiger partial charge in [0.05, 0.1) is 5.02 Å². The van der Waals surface area contributed by atoms with E-state index in [4.69, 9.17) is 11.6 Å². The van der Waals surface area contributed by atoms with Gasteiger partial charge in [-0.1, -0.05) is 29.8 Å². The Morgan fingerprint density at radius 3 is 2.70 bits per heavy atom. The number of likely N-dealkylation sites (tertiary alicyclic amines) is 1. The van der Waals surface area contributed by atoms with E-state index >= 15 is 0 Å². The summed E-state index contributed by atoms with van der Waals surface area (Å²) >= 11 is 8.35. The van der Waals surface area contributed by atoms with Crippen molar-refractivity contribution < 1.29 is 4.79 Å². The fourth-order valence-electron chi connectivity index (χ4n) is 3.59. The molecule has 4 rings (SSSR count). The van der Waals surface area contributed by atoms with Crippen molar-refractivity contribution in [3.63, 3.8) is 0 Å². The van der Waals surface area contributed by atoms with Crippen LogP contribution in [0.15, 0.2) is 24.3 Å². The Balaban J connectivity index is 1.40. The molecule has 6 heteroatoms. The molecule has 0 unspecified atom stereocenters. The predicted molar refractivity (Wildman–Crippen MR) is 95.2 cm³/mol. The van der Waals surface area contributed by atoms with Gasteiger partial charge in [-0.05, 0) is 18.9 Å². The first kappa shape index (κ1) is 15.2. The summed E-state index contributed by atoms with van der Waals surface area (Å²) in [4.78, 5) is 17.5. The lowest BCUT2D eigenvalue weighted by atomic mass is 10.0. The zero-order valence-corrected chi connectivity index (χ0v) is 14.5. The van der Waals surface area contributed by atoms with E-state index in [2.05, 4.69) is 28.4 Å². The number of benzene rings is 1. The van der Waals surface area contributed by atoms with Crippen LogP contribution in [0.4, 0.5) is 4.79 Å². The fourth-order valence-corrected chi connectivity index (χ4v) is 5.13. The van der Waals surface area contributed by atoms with Crippen molar-refractivity contribution in [3.8, 4) is 0 Å². The number of nitrogens with zero attached hydrogens (tertiary/aromatic N) is 2. The highest BCUT2D eigenvalue weighted by atomic mass is 35.5. The first-order chi connectivity index (χ1) is 11.2. The number of hydrogen-bond donors (Lipinski definition) is 1. The minimum atomic E-state index is 0.107. The van der Waals surface area contributed by atoms with Crippen LogP contribution < -0.4 is 5.32 Å². The van der Waals surface area contributed by atoms with Gasteiger partial charge < -0.3 is 10.2 Å². The maximum atomic E-state index is 11.8. The SMILES string of the molecule is O=C1NCCN1C1CCN(Cc2sc3ccccc3c2Cl)CC1. The number of carbonyl (C=O) groups excluding carboxylic acids is 1. The molecule has 2 fully saturated rings. The van der Waals surface area contributed by atoms with Crippen LogP contribution in [0.2, 0.25) is 5.02 Å². The van der Waals surface area contributed by atoms with Crippen LogP contribution in [0, 0.1) is 0 Å². The van der Waals surface area contributed by atoms with E-state index < -0.39 is 0 Å². The number of amides is 2. The van der Waals surface area contributed by atoms with Gasteiger partial charge in [0.1, 0.15) is 0 Å². The zero-order chi connectivity index (χ0) is 15.8. The first-order valence-electron chi connectivity index (χ1n) is 8.15. The molecule has 1 aromatic carbocycles. The van der Waals surface area contributed by atoms with Gasteiger partial charge in [0.2, 0.25) is 0 Å². The molecule has 3 heterocycles.